The molecule has 0 aromatic carbocycles. The number of anilines is 1. The fourth-order valence-electron chi connectivity index (χ4n) is 2.29. The molecule has 1 aliphatic heterocycles. The minimum Gasteiger partial charge on any atom is -0.363 e. The Labute approximate surface area is 117 Å². The van der Waals surface area contributed by atoms with E-state index in [9.17, 15) is 4.79 Å². The molecule has 1 aliphatic rings. The van der Waals surface area contributed by atoms with E-state index >= 15 is 0 Å². The zero-order valence-electron chi connectivity index (χ0n) is 11.7. The van der Waals surface area contributed by atoms with Crippen molar-refractivity contribution in [2.75, 3.05) is 46.1 Å². The molecule has 1 aromatic heterocycles. The third-order valence-corrected chi connectivity index (χ3v) is 4.47. The van der Waals surface area contributed by atoms with Crippen molar-refractivity contribution in [1.82, 2.24) is 20.0 Å². The number of rotatable bonds is 4. The summed E-state index contributed by atoms with van der Waals surface area (Å²) in [4.78, 5) is 16.3. The van der Waals surface area contributed by atoms with Gasteiger partial charge < -0.3 is 15.1 Å². The number of carbonyl (C=O) groups is 1. The van der Waals surface area contributed by atoms with Gasteiger partial charge in [0, 0.05) is 20.6 Å². The van der Waals surface area contributed by atoms with Crippen LogP contribution in [0.3, 0.4) is 0 Å². The Bertz CT molecular complexity index is 428. The largest absolute Gasteiger partial charge is 0.363 e. The van der Waals surface area contributed by atoms with Crippen molar-refractivity contribution in [3.63, 3.8) is 0 Å². The molecule has 0 unspecified atom stereocenters. The standard InChI is InChI=1S/C12H21N5OS/c1-13-12-15-14-10(19-12)11(18)17(3)8-9-4-6-16(2)7-5-9/h9H,4-8H2,1-3H3,(H,13,15). The Morgan fingerprint density at radius 2 is 2.16 bits per heavy atom. The summed E-state index contributed by atoms with van der Waals surface area (Å²) >= 11 is 1.30. The highest BCUT2D eigenvalue weighted by atomic mass is 32.1. The normalized spacial score (nSPS) is 17.4. The molecule has 106 valence electrons. The molecule has 0 atom stereocenters. The van der Waals surface area contributed by atoms with Crippen LogP contribution in [0.4, 0.5) is 5.13 Å². The van der Waals surface area contributed by atoms with Gasteiger partial charge in [0.2, 0.25) is 10.1 Å². The zero-order valence-corrected chi connectivity index (χ0v) is 12.5. The minimum atomic E-state index is -0.0297. The highest BCUT2D eigenvalue weighted by Crippen LogP contribution is 2.19. The molecule has 1 amide bonds. The second-order valence-electron chi connectivity index (χ2n) is 5.09. The number of nitrogens with zero attached hydrogens (tertiary/aromatic N) is 4. The van der Waals surface area contributed by atoms with Crippen molar-refractivity contribution in [2.45, 2.75) is 12.8 Å². The molecule has 2 rings (SSSR count). The van der Waals surface area contributed by atoms with E-state index < -0.39 is 0 Å². The van der Waals surface area contributed by atoms with Gasteiger partial charge in [-0.15, -0.1) is 10.2 Å². The third-order valence-electron chi connectivity index (χ3n) is 3.54. The lowest BCUT2D eigenvalue weighted by Gasteiger charge is -2.31. The van der Waals surface area contributed by atoms with Gasteiger partial charge in [-0.25, -0.2) is 0 Å². The van der Waals surface area contributed by atoms with Crippen LogP contribution in [0, 0.1) is 5.92 Å². The summed E-state index contributed by atoms with van der Waals surface area (Å²) in [6.07, 6.45) is 2.32. The number of likely N-dealkylation sites (tertiary alicyclic amines) is 1. The second-order valence-corrected chi connectivity index (χ2v) is 6.07. The molecule has 1 fully saturated rings. The van der Waals surface area contributed by atoms with Crippen molar-refractivity contribution in [3.05, 3.63) is 5.01 Å². The van der Waals surface area contributed by atoms with E-state index in [1.54, 1.807) is 11.9 Å². The molecule has 19 heavy (non-hydrogen) atoms. The third kappa shape index (κ3) is 3.63. The van der Waals surface area contributed by atoms with Crippen LogP contribution in [0.1, 0.15) is 22.6 Å². The summed E-state index contributed by atoms with van der Waals surface area (Å²) < 4.78 is 0. The number of nitrogens with one attached hydrogen (secondary N) is 1. The topological polar surface area (TPSA) is 61.4 Å². The summed E-state index contributed by atoms with van der Waals surface area (Å²) in [6.45, 7) is 3.05. The van der Waals surface area contributed by atoms with E-state index in [1.165, 1.54) is 11.3 Å². The summed E-state index contributed by atoms with van der Waals surface area (Å²) in [5.41, 5.74) is 0. The molecule has 6 nitrogen and oxygen atoms in total. The first-order chi connectivity index (χ1) is 9.10. The van der Waals surface area contributed by atoms with E-state index in [0.29, 0.717) is 16.1 Å². The monoisotopic (exact) mass is 283 g/mol. The van der Waals surface area contributed by atoms with Gasteiger partial charge in [0.05, 0.1) is 0 Å². The molecule has 0 saturated carbocycles. The van der Waals surface area contributed by atoms with Gasteiger partial charge in [0.15, 0.2) is 0 Å². The van der Waals surface area contributed by atoms with Crippen LogP contribution in [0.2, 0.25) is 0 Å². The van der Waals surface area contributed by atoms with E-state index in [4.69, 9.17) is 0 Å². The highest BCUT2D eigenvalue weighted by Gasteiger charge is 2.22. The predicted octanol–water partition coefficient (Wildman–Crippen LogP) is 0.994. The molecule has 0 bridgehead atoms. The van der Waals surface area contributed by atoms with Gasteiger partial charge in [-0.1, -0.05) is 11.3 Å². The van der Waals surface area contributed by atoms with Crippen molar-refractivity contribution in [1.29, 1.82) is 0 Å². The van der Waals surface area contributed by atoms with Crippen molar-refractivity contribution in [2.24, 2.45) is 5.92 Å². The number of piperidine rings is 1. The first kappa shape index (κ1) is 14.2. The first-order valence-electron chi connectivity index (χ1n) is 6.55. The van der Waals surface area contributed by atoms with Gasteiger partial charge in [0.1, 0.15) is 0 Å². The van der Waals surface area contributed by atoms with Crippen LogP contribution in [0.15, 0.2) is 0 Å². The van der Waals surface area contributed by atoms with Crippen molar-refractivity contribution in [3.8, 4) is 0 Å². The minimum absolute atomic E-state index is 0.0297. The number of aromatic nitrogens is 2. The van der Waals surface area contributed by atoms with Crippen LogP contribution in [0.5, 0.6) is 0 Å². The Balaban J connectivity index is 1.88. The molecule has 0 spiro atoms. The van der Waals surface area contributed by atoms with E-state index in [1.807, 2.05) is 7.05 Å². The fourth-order valence-corrected chi connectivity index (χ4v) is 2.98. The van der Waals surface area contributed by atoms with Crippen LogP contribution >= 0.6 is 11.3 Å². The molecule has 2 heterocycles. The van der Waals surface area contributed by atoms with Gasteiger partial charge >= 0.3 is 0 Å². The van der Waals surface area contributed by atoms with Crippen LogP contribution in [0.25, 0.3) is 0 Å². The number of carbonyl (C=O) groups excluding carboxylic acids is 1. The van der Waals surface area contributed by atoms with E-state index in [2.05, 4.69) is 27.5 Å². The second kappa shape index (κ2) is 6.29. The Morgan fingerprint density at radius 1 is 1.47 bits per heavy atom. The highest BCUT2D eigenvalue weighted by molar-refractivity contribution is 7.17. The lowest BCUT2D eigenvalue weighted by atomic mass is 9.97. The molecular formula is C12H21N5OS. The maximum Gasteiger partial charge on any atom is 0.284 e. The zero-order chi connectivity index (χ0) is 13.8. The predicted molar refractivity (Wildman–Crippen MR) is 76.6 cm³/mol. The first-order valence-corrected chi connectivity index (χ1v) is 7.37. The summed E-state index contributed by atoms with van der Waals surface area (Å²) in [7, 11) is 5.77. The van der Waals surface area contributed by atoms with Crippen LogP contribution < -0.4 is 5.32 Å². The van der Waals surface area contributed by atoms with Crippen molar-refractivity contribution >= 4 is 22.4 Å². The molecule has 0 radical (unpaired) electrons. The van der Waals surface area contributed by atoms with Crippen molar-refractivity contribution < 1.29 is 4.79 Å². The summed E-state index contributed by atoms with van der Waals surface area (Å²) in [5, 5.41) is 11.8. The number of hydrogen-bond acceptors (Lipinski definition) is 6. The summed E-state index contributed by atoms with van der Waals surface area (Å²) in [6, 6.07) is 0. The average Bonchev–Trinajstić information content (AvgIpc) is 2.89. The molecule has 0 aliphatic carbocycles. The lowest BCUT2D eigenvalue weighted by molar-refractivity contribution is 0.0746. The Hall–Kier alpha value is -1.21. The quantitative estimate of drug-likeness (QED) is 0.893. The SMILES string of the molecule is CNc1nnc(C(=O)N(C)CC2CCN(C)CC2)s1. The maximum atomic E-state index is 12.2. The number of hydrogen-bond donors (Lipinski definition) is 1. The van der Waals surface area contributed by atoms with Gasteiger partial charge in [-0.3, -0.25) is 4.79 Å². The van der Waals surface area contributed by atoms with Crippen LogP contribution in [-0.4, -0.2) is 66.7 Å². The Kier molecular flexibility index (Phi) is 4.71. The molecular weight excluding hydrogens is 262 g/mol. The van der Waals surface area contributed by atoms with Gasteiger partial charge in [-0.2, -0.15) is 0 Å². The molecule has 1 N–H and O–H groups in total. The molecule has 7 heteroatoms. The smallest absolute Gasteiger partial charge is 0.284 e. The Morgan fingerprint density at radius 3 is 2.74 bits per heavy atom. The van der Waals surface area contributed by atoms with E-state index in [0.717, 1.165) is 32.5 Å². The van der Waals surface area contributed by atoms with Gasteiger partial charge in [-0.05, 0) is 38.9 Å². The van der Waals surface area contributed by atoms with Crippen LogP contribution in [-0.2, 0) is 0 Å². The average molecular weight is 283 g/mol. The lowest BCUT2D eigenvalue weighted by Crippen LogP contribution is -2.37. The molecule has 1 saturated heterocycles. The van der Waals surface area contributed by atoms with E-state index in [-0.39, 0.29) is 5.91 Å². The fraction of sp³-hybridized carbons (Fsp3) is 0.750. The number of amides is 1. The summed E-state index contributed by atoms with van der Waals surface area (Å²) in [5.74, 6) is 0.569. The maximum absolute atomic E-state index is 12.2. The van der Waals surface area contributed by atoms with Gasteiger partial charge in [0.25, 0.3) is 5.91 Å². The molecule has 1 aromatic rings.